The predicted octanol–water partition coefficient (Wildman–Crippen LogP) is 1.45. The predicted molar refractivity (Wildman–Crippen MR) is 68.9 cm³/mol. The molecule has 2 N–H and O–H groups in total. The lowest BCUT2D eigenvalue weighted by molar-refractivity contribution is -0.385. The minimum Gasteiger partial charge on any atom is -0.378 e. The van der Waals surface area contributed by atoms with Crippen LogP contribution in [0, 0.1) is 10.1 Å². The number of hydrogen-bond donors (Lipinski definition) is 1. The molecule has 0 amide bonds. The van der Waals surface area contributed by atoms with Crippen LogP contribution in [-0.4, -0.2) is 24.7 Å². The largest absolute Gasteiger partial charge is 0.378 e. The number of nitrogen functional groups attached to an aromatic ring is 1. The number of nitro groups is 1. The summed E-state index contributed by atoms with van der Waals surface area (Å²) in [7, 11) is 0. The van der Waals surface area contributed by atoms with Crippen molar-refractivity contribution in [2.45, 2.75) is 26.2 Å². The molecule has 0 aromatic carbocycles. The standard InChI is InChI=1S/C11H14N6O2/c1-11(2,3)8-7(17(18)19)9(12)16(15-8)10-13-5-4-6-14-10/h4-6H,12H2,1-3H3. The third-order valence-corrected chi connectivity index (χ3v) is 2.53. The Labute approximate surface area is 109 Å². The average Bonchev–Trinajstić information content (AvgIpc) is 2.68. The van der Waals surface area contributed by atoms with Crippen LogP contribution in [0.3, 0.4) is 0 Å². The molecule has 19 heavy (non-hydrogen) atoms. The fourth-order valence-corrected chi connectivity index (χ4v) is 1.66. The van der Waals surface area contributed by atoms with Crippen molar-refractivity contribution in [3.63, 3.8) is 0 Å². The molecule has 0 bridgehead atoms. The van der Waals surface area contributed by atoms with Gasteiger partial charge in [-0.3, -0.25) is 10.1 Å². The molecule has 0 radical (unpaired) electrons. The number of nitrogens with zero attached hydrogens (tertiary/aromatic N) is 5. The van der Waals surface area contributed by atoms with E-state index in [1.54, 1.807) is 6.07 Å². The highest BCUT2D eigenvalue weighted by Crippen LogP contribution is 2.35. The maximum Gasteiger partial charge on any atom is 0.334 e. The van der Waals surface area contributed by atoms with E-state index in [4.69, 9.17) is 5.73 Å². The van der Waals surface area contributed by atoms with Gasteiger partial charge < -0.3 is 5.73 Å². The highest BCUT2D eigenvalue weighted by atomic mass is 16.6. The molecule has 100 valence electrons. The quantitative estimate of drug-likeness (QED) is 0.647. The smallest absolute Gasteiger partial charge is 0.334 e. The Balaban J connectivity index is 2.70. The highest BCUT2D eigenvalue weighted by Gasteiger charge is 2.34. The Bertz CT molecular complexity index is 614. The molecule has 8 nitrogen and oxygen atoms in total. The molecule has 0 aliphatic heterocycles. The second-order valence-corrected chi connectivity index (χ2v) is 5.05. The highest BCUT2D eigenvalue weighted by molar-refractivity contribution is 5.60. The van der Waals surface area contributed by atoms with Crippen molar-refractivity contribution in [1.82, 2.24) is 19.7 Å². The van der Waals surface area contributed by atoms with E-state index in [2.05, 4.69) is 15.1 Å². The van der Waals surface area contributed by atoms with Gasteiger partial charge in [0.2, 0.25) is 5.82 Å². The van der Waals surface area contributed by atoms with Crippen LogP contribution < -0.4 is 5.73 Å². The van der Waals surface area contributed by atoms with Gasteiger partial charge in [0.25, 0.3) is 5.95 Å². The summed E-state index contributed by atoms with van der Waals surface area (Å²) in [5.41, 5.74) is 5.42. The van der Waals surface area contributed by atoms with Gasteiger partial charge in [0.05, 0.1) is 4.92 Å². The molecule has 2 rings (SSSR count). The summed E-state index contributed by atoms with van der Waals surface area (Å²) in [5, 5.41) is 15.4. The Morgan fingerprint density at radius 1 is 1.32 bits per heavy atom. The molecule has 0 fully saturated rings. The monoisotopic (exact) mass is 262 g/mol. The molecular weight excluding hydrogens is 248 g/mol. The van der Waals surface area contributed by atoms with Crippen molar-refractivity contribution in [2.75, 3.05) is 5.73 Å². The summed E-state index contributed by atoms with van der Waals surface area (Å²) < 4.78 is 1.19. The second kappa shape index (κ2) is 4.30. The Hall–Kier alpha value is -2.51. The summed E-state index contributed by atoms with van der Waals surface area (Å²) in [6.45, 7) is 5.49. The van der Waals surface area contributed by atoms with Gasteiger partial charge in [-0.05, 0) is 6.07 Å². The summed E-state index contributed by atoms with van der Waals surface area (Å²) in [4.78, 5) is 18.6. The summed E-state index contributed by atoms with van der Waals surface area (Å²) in [5.74, 6) is 0.139. The SMILES string of the molecule is CC(C)(C)c1nn(-c2ncccn2)c(N)c1[N+](=O)[O-]. The van der Waals surface area contributed by atoms with E-state index in [9.17, 15) is 10.1 Å². The van der Waals surface area contributed by atoms with Crippen molar-refractivity contribution in [2.24, 2.45) is 0 Å². The van der Waals surface area contributed by atoms with E-state index in [0.29, 0.717) is 5.69 Å². The Kier molecular flexibility index (Phi) is 2.93. The number of nitrogens with two attached hydrogens (primary N) is 1. The third kappa shape index (κ3) is 2.24. The van der Waals surface area contributed by atoms with Gasteiger partial charge in [0.1, 0.15) is 5.69 Å². The fourth-order valence-electron chi connectivity index (χ4n) is 1.66. The van der Waals surface area contributed by atoms with Crippen LogP contribution in [0.2, 0.25) is 0 Å². The van der Waals surface area contributed by atoms with Crippen LogP contribution in [0.15, 0.2) is 18.5 Å². The molecule has 0 aliphatic rings. The second-order valence-electron chi connectivity index (χ2n) is 5.05. The molecule has 0 unspecified atom stereocenters. The summed E-state index contributed by atoms with van der Waals surface area (Å²) in [6, 6.07) is 1.64. The first-order chi connectivity index (χ1) is 8.82. The fraction of sp³-hybridized carbons (Fsp3) is 0.364. The van der Waals surface area contributed by atoms with Gasteiger partial charge in [-0.25, -0.2) is 9.97 Å². The van der Waals surface area contributed by atoms with Gasteiger partial charge in [0, 0.05) is 17.8 Å². The summed E-state index contributed by atoms with van der Waals surface area (Å²) in [6.07, 6.45) is 3.04. The van der Waals surface area contributed by atoms with E-state index >= 15 is 0 Å². The van der Waals surface area contributed by atoms with Crippen LogP contribution in [0.1, 0.15) is 26.5 Å². The van der Waals surface area contributed by atoms with E-state index in [1.807, 2.05) is 20.8 Å². The van der Waals surface area contributed by atoms with Crippen LogP contribution in [-0.2, 0) is 5.41 Å². The lowest BCUT2D eigenvalue weighted by Crippen LogP contribution is -2.14. The maximum absolute atomic E-state index is 11.2. The van der Waals surface area contributed by atoms with E-state index < -0.39 is 10.3 Å². The third-order valence-electron chi connectivity index (χ3n) is 2.53. The lowest BCUT2D eigenvalue weighted by Gasteiger charge is -2.13. The normalized spacial score (nSPS) is 11.5. The van der Waals surface area contributed by atoms with Crippen molar-refractivity contribution in [3.05, 3.63) is 34.3 Å². The van der Waals surface area contributed by atoms with Crippen molar-refractivity contribution in [3.8, 4) is 5.95 Å². The van der Waals surface area contributed by atoms with Crippen molar-refractivity contribution in [1.29, 1.82) is 0 Å². The maximum atomic E-state index is 11.2. The van der Waals surface area contributed by atoms with E-state index in [0.717, 1.165) is 0 Å². The molecule has 8 heteroatoms. The minimum absolute atomic E-state index is 0.0684. The first kappa shape index (κ1) is 12.9. The Morgan fingerprint density at radius 3 is 2.32 bits per heavy atom. The zero-order chi connectivity index (χ0) is 14.2. The number of anilines is 1. The average molecular weight is 262 g/mol. The molecule has 2 aromatic rings. The molecule has 0 atom stereocenters. The van der Waals surface area contributed by atoms with Crippen LogP contribution >= 0.6 is 0 Å². The van der Waals surface area contributed by atoms with E-state index in [-0.39, 0.29) is 17.5 Å². The van der Waals surface area contributed by atoms with E-state index in [1.165, 1.54) is 17.1 Å². The zero-order valence-corrected chi connectivity index (χ0v) is 10.9. The molecular formula is C11H14N6O2. The van der Waals surface area contributed by atoms with Crippen molar-refractivity contribution < 1.29 is 4.92 Å². The first-order valence-corrected chi connectivity index (χ1v) is 5.63. The molecule has 2 heterocycles. The van der Waals surface area contributed by atoms with Crippen molar-refractivity contribution >= 4 is 11.5 Å². The minimum atomic E-state index is -0.525. The van der Waals surface area contributed by atoms with Gasteiger partial charge in [-0.2, -0.15) is 9.78 Å². The number of aromatic nitrogens is 4. The zero-order valence-electron chi connectivity index (χ0n) is 10.9. The first-order valence-electron chi connectivity index (χ1n) is 5.63. The topological polar surface area (TPSA) is 113 Å². The van der Waals surface area contributed by atoms with Gasteiger partial charge >= 0.3 is 5.69 Å². The number of hydrogen-bond acceptors (Lipinski definition) is 6. The molecule has 0 saturated heterocycles. The van der Waals surface area contributed by atoms with Crippen LogP contribution in [0.4, 0.5) is 11.5 Å². The summed E-state index contributed by atoms with van der Waals surface area (Å²) >= 11 is 0. The van der Waals surface area contributed by atoms with Crippen LogP contribution in [0.5, 0.6) is 0 Å². The molecule has 2 aromatic heterocycles. The van der Waals surface area contributed by atoms with Crippen LogP contribution in [0.25, 0.3) is 5.95 Å². The Morgan fingerprint density at radius 2 is 1.89 bits per heavy atom. The van der Waals surface area contributed by atoms with Gasteiger partial charge in [-0.15, -0.1) is 0 Å². The molecule has 0 spiro atoms. The lowest BCUT2D eigenvalue weighted by atomic mass is 9.91. The van der Waals surface area contributed by atoms with Gasteiger partial charge in [-0.1, -0.05) is 20.8 Å². The molecule has 0 saturated carbocycles. The number of rotatable bonds is 2. The molecule has 0 aliphatic carbocycles. The van der Waals surface area contributed by atoms with Gasteiger partial charge in [0.15, 0.2) is 0 Å².